The molecule has 104 valence electrons. The Kier molecular flexibility index (Phi) is 5.99. The highest BCUT2D eigenvalue weighted by atomic mass is 14.2. The molecular formula is C20H24. The topological polar surface area (TPSA) is 0 Å². The summed E-state index contributed by atoms with van der Waals surface area (Å²) in [7, 11) is 0. The molecule has 20 heavy (non-hydrogen) atoms. The monoisotopic (exact) mass is 264 g/mol. The van der Waals surface area contributed by atoms with E-state index in [0.29, 0.717) is 0 Å². The van der Waals surface area contributed by atoms with Crippen LogP contribution in [0.1, 0.15) is 37.5 Å². The zero-order valence-electron chi connectivity index (χ0n) is 12.8. The summed E-state index contributed by atoms with van der Waals surface area (Å²) in [6.07, 6.45) is 3.75. The molecular weight excluding hydrogens is 240 g/mol. The van der Waals surface area contributed by atoms with Gasteiger partial charge in [-0.3, -0.25) is 0 Å². The lowest BCUT2D eigenvalue weighted by molar-refractivity contribution is 0.589. The molecule has 0 saturated heterocycles. The third kappa shape index (κ3) is 4.89. The second-order valence-electron chi connectivity index (χ2n) is 5.66. The second kappa shape index (κ2) is 7.49. The molecule has 2 aromatic carbocycles. The Morgan fingerprint density at radius 2 is 1.30 bits per heavy atom. The molecule has 0 saturated carbocycles. The van der Waals surface area contributed by atoms with Gasteiger partial charge in [-0.15, -0.1) is 0 Å². The van der Waals surface area contributed by atoms with Crippen molar-refractivity contribution >= 4 is 12.2 Å². The van der Waals surface area contributed by atoms with Crippen molar-refractivity contribution < 1.29 is 0 Å². The van der Waals surface area contributed by atoms with Gasteiger partial charge >= 0.3 is 0 Å². The zero-order chi connectivity index (χ0) is 15.0. The van der Waals surface area contributed by atoms with Crippen LogP contribution in [0.5, 0.6) is 0 Å². The summed E-state index contributed by atoms with van der Waals surface area (Å²) in [5, 5.41) is 0. The van der Waals surface area contributed by atoms with E-state index in [9.17, 15) is 0 Å². The SMILES string of the molecule is C=Cc1ccccc1.C=Cc1ccccc1C(C)(C)C. The van der Waals surface area contributed by atoms with Crippen LogP contribution in [0.3, 0.4) is 0 Å². The van der Waals surface area contributed by atoms with Gasteiger partial charge in [0.1, 0.15) is 0 Å². The van der Waals surface area contributed by atoms with Crippen LogP contribution in [0.25, 0.3) is 12.2 Å². The highest BCUT2D eigenvalue weighted by Crippen LogP contribution is 2.25. The Hall–Kier alpha value is -2.08. The van der Waals surface area contributed by atoms with E-state index in [2.05, 4.69) is 52.1 Å². The van der Waals surface area contributed by atoms with Crippen molar-refractivity contribution in [3.63, 3.8) is 0 Å². The van der Waals surface area contributed by atoms with Gasteiger partial charge in [0.2, 0.25) is 0 Å². The van der Waals surface area contributed by atoms with Crippen molar-refractivity contribution in [1.82, 2.24) is 0 Å². The molecule has 0 heterocycles. The number of rotatable bonds is 2. The third-order valence-electron chi connectivity index (χ3n) is 3.02. The lowest BCUT2D eigenvalue weighted by Crippen LogP contribution is -2.12. The van der Waals surface area contributed by atoms with Crippen LogP contribution in [-0.4, -0.2) is 0 Å². The lowest BCUT2D eigenvalue weighted by Gasteiger charge is -2.21. The van der Waals surface area contributed by atoms with Crippen molar-refractivity contribution in [2.45, 2.75) is 26.2 Å². The average molecular weight is 264 g/mol. The molecule has 0 spiro atoms. The summed E-state index contributed by atoms with van der Waals surface area (Å²) in [5.74, 6) is 0. The van der Waals surface area contributed by atoms with E-state index >= 15 is 0 Å². The van der Waals surface area contributed by atoms with E-state index in [1.807, 2.05) is 48.6 Å². The minimum absolute atomic E-state index is 0.213. The summed E-state index contributed by atoms with van der Waals surface area (Å²) in [4.78, 5) is 0. The summed E-state index contributed by atoms with van der Waals surface area (Å²) in [6.45, 7) is 14.1. The Bertz CT molecular complexity index is 542. The molecule has 0 bridgehead atoms. The van der Waals surface area contributed by atoms with E-state index in [4.69, 9.17) is 0 Å². The molecule has 0 atom stereocenters. The molecule has 0 unspecified atom stereocenters. The van der Waals surface area contributed by atoms with Crippen LogP contribution in [0.2, 0.25) is 0 Å². The first-order chi connectivity index (χ1) is 9.49. The maximum Gasteiger partial charge on any atom is -0.0126 e. The molecule has 0 aliphatic rings. The van der Waals surface area contributed by atoms with E-state index in [1.54, 1.807) is 0 Å². The highest BCUT2D eigenvalue weighted by molar-refractivity contribution is 5.53. The van der Waals surface area contributed by atoms with E-state index in [1.165, 1.54) is 16.7 Å². The van der Waals surface area contributed by atoms with Gasteiger partial charge in [-0.1, -0.05) is 101 Å². The van der Waals surface area contributed by atoms with Crippen LogP contribution < -0.4 is 0 Å². The second-order valence-corrected chi connectivity index (χ2v) is 5.66. The lowest BCUT2D eigenvalue weighted by atomic mass is 9.84. The minimum Gasteiger partial charge on any atom is -0.0985 e. The van der Waals surface area contributed by atoms with Crippen molar-refractivity contribution in [3.05, 3.63) is 84.4 Å². The van der Waals surface area contributed by atoms with Crippen LogP contribution in [0.15, 0.2) is 67.8 Å². The van der Waals surface area contributed by atoms with Crippen molar-refractivity contribution in [2.24, 2.45) is 0 Å². The fourth-order valence-corrected chi connectivity index (χ4v) is 1.95. The maximum atomic E-state index is 3.81. The van der Waals surface area contributed by atoms with Gasteiger partial charge in [-0.25, -0.2) is 0 Å². The average Bonchev–Trinajstić information content (AvgIpc) is 2.48. The number of hydrogen-bond acceptors (Lipinski definition) is 0. The highest BCUT2D eigenvalue weighted by Gasteiger charge is 2.15. The van der Waals surface area contributed by atoms with Crippen LogP contribution in [0, 0.1) is 0 Å². The number of benzene rings is 2. The molecule has 2 aromatic rings. The van der Waals surface area contributed by atoms with E-state index < -0.39 is 0 Å². The Balaban J connectivity index is 0.000000217. The molecule has 2 rings (SSSR count). The van der Waals surface area contributed by atoms with Gasteiger partial charge in [0, 0.05) is 0 Å². The van der Waals surface area contributed by atoms with Gasteiger partial charge in [0.15, 0.2) is 0 Å². The van der Waals surface area contributed by atoms with E-state index in [0.717, 1.165) is 0 Å². The Morgan fingerprint density at radius 3 is 1.70 bits per heavy atom. The first-order valence-electron chi connectivity index (χ1n) is 6.88. The Morgan fingerprint density at radius 1 is 0.750 bits per heavy atom. The Labute approximate surface area is 123 Å². The largest absolute Gasteiger partial charge is 0.0985 e. The molecule has 0 aromatic heterocycles. The van der Waals surface area contributed by atoms with Gasteiger partial charge < -0.3 is 0 Å². The first kappa shape index (κ1) is 16.0. The predicted octanol–water partition coefficient (Wildman–Crippen LogP) is 5.96. The fourth-order valence-electron chi connectivity index (χ4n) is 1.95. The van der Waals surface area contributed by atoms with Gasteiger partial charge in [0.05, 0.1) is 0 Å². The van der Waals surface area contributed by atoms with Gasteiger partial charge in [0.25, 0.3) is 0 Å². The van der Waals surface area contributed by atoms with Crippen LogP contribution >= 0.6 is 0 Å². The maximum absolute atomic E-state index is 3.81. The van der Waals surface area contributed by atoms with Crippen molar-refractivity contribution in [1.29, 1.82) is 0 Å². The molecule has 0 nitrogen and oxygen atoms in total. The molecule has 0 heteroatoms. The first-order valence-corrected chi connectivity index (χ1v) is 6.88. The standard InChI is InChI=1S/C12H16.C8H8/c1-5-10-8-6-7-9-11(10)12(2,3)4;1-2-8-6-4-3-5-7-8/h5-9H,1H2,2-4H3;2-7H,1H2. The third-order valence-corrected chi connectivity index (χ3v) is 3.02. The zero-order valence-corrected chi connectivity index (χ0v) is 12.8. The molecule has 0 radical (unpaired) electrons. The van der Waals surface area contributed by atoms with Crippen molar-refractivity contribution in [3.8, 4) is 0 Å². The quantitative estimate of drug-likeness (QED) is 0.628. The van der Waals surface area contributed by atoms with Gasteiger partial charge in [-0.2, -0.15) is 0 Å². The molecule has 0 aliphatic heterocycles. The number of hydrogen-bond donors (Lipinski definition) is 0. The molecule has 0 fully saturated rings. The fraction of sp³-hybridized carbons (Fsp3) is 0.200. The molecule has 0 amide bonds. The van der Waals surface area contributed by atoms with Crippen LogP contribution in [0.4, 0.5) is 0 Å². The summed E-state index contributed by atoms with van der Waals surface area (Å²) in [6, 6.07) is 18.4. The summed E-state index contributed by atoms with van der Waals surface area (Å²) in [5.41, 5.74) is 3.99. The summed E-state index contributed by atoms with van der Waals surface area (Å²) < 4.78 is 0. The smallest absolute Gasteiger partial charge is 0.0126 e. The van der Waals surface area contributed by atoms with E-state index in [-0.39, 0.29) is 5.41 Å². The minimum atomic E-state index is 0.213. The molecule has 0 N–H and O–H groups in total. The van der Waals surface area contributed by atoms with Crippen molar-refractivity contribution in [2.75, 3.05) is 0 Å². The predicted molar refractivity (Wildman–Crippen MR) is 91.8 cm³/mol. The summed E-state index contributed by atoms with van der Waals surface area (Å²) >= 11 is 0. The van der Waals surface area contributed by atoms with Crippen LogP contribution in [-0.2, 0) is 5.41 Å². The normalized spacial score (nSPS) is 10.2. The van der Waals surface area contributed by atoms with Gasteiger partial charge in [-0.05, 0) is 22.1 Å². The molecule has 0 aliphatic carbocycles.